The number of carbonyl (C=O) groups is 1. The van der Waals surface area contributed by atoms with E-state index in [4.69, 9.17) is 11.6 Å². The topological polar surface area (TPSA) is 73.6 Å². The van der Waals surface area contributed by atoms with E-state index in [1.54, 1.807) is 12.3 Å². The van der Waals surface area contributed by atoms with Crippen molar-refractivity contribution in [3.63, 3.8) is 0 Å². The Morgan fingerprint density at radius 2 is 2.44 bits per heavy atom. The highest BCUT2D eigenvalue weighted by molar-refractivity contribution is 6.30. The van der Waals surface area contributed by atoms with Gasteiger partial charge < -0.3 is 10.3 Å². The number of aryl methyl sites for hydroxylation is 1. The van der Waals surface area contributed by atoms with E-state index in [1.165, 1.54) is 5.56 Å². The van der Waals surface area contributed by atoms with Gasteiger partial charge in [0.05, 0.1) is 11.2 Å². The van der Waals surface area contributed by atoms with Crippen LogP contribution in [0.3, 0.4) is 0 Å². The average molecular weight is 265 g/mol. The first-order valence-corrected chi connectivity index (χ1v) is 6.26. The third-order valence-corrected chi connectivity index (χ3v) is 3.47. The number of amides is 1. The van der Waals surface area contributed by atoms with Crippen molar-refractivity contribution in [2.24, 2.45) is 0 Å². The Bertz CT molecular complexity index is 574. The van der Waals surface area contributed by atoms with Gasteiger partial charge >= 0.3 is 0 Å². The molecule has 94 valence electrons. The van der Waals surface area contributed by atoms with Crippen molar-refractivity contribution in [1.29, 1.82) is 0 Å². The molecule has 5 nitrogen and oxygen atoms in total. The molecule has 1 aliphatic carbocycles. The van der Waals surface area contributed by atoms with Crippen LogP contribution in [0.1, 0.15) is 28.2 Å². The van der Waals surface area contributed by atoms with Crippen LogP contribution in [0.4, 0.5) is 0 Å². The van der Waals surface area contributed by atoms with E-state index in [9.17, 15) is 4.79 Å². The molecule has 0 aliphatic heterocycles. The summed E-state index contributed by atoms with van der Waals surface area (Å²) in [6.07, 6.45) is 6.15. The summed E-state index contributed by atoms with van der Waals surface area (Å²) in [6, 6.07) is 1.77. The number of carbonyl (C=O) groups excluding carboxylic acids is 1. The third-order valence-electron chi connectivity index (χ3n) is 3.25. The van der Waals surface area contributed by atoms with Crippen molar-refractivity contribution in [3.05, 3.63) is 40.4 Å². The summed E-state index contributed by atoms with van der Waals surface area (Å²) in [5.41, 5.74) is 2.87. The SMILES string of the molecule is O=C(NC1CCc2cn[nH]c2C1)c1cc(Cl)c[nH]1. The monoisotopic (exact) mass is 264 g/mol. The van der Waals surface area contributed by atoms with E-state index in [0.29, 0.717) is 10.7 Å². The summed E-state index contributed by atoms with van der Waals surface area (Å²) >= 11 is 5.78. The Kier molecular flexibility index (Phi) is 2.83. The largest absolute Gasteiger partial charge is 0.356 e. The molecule has 0 aromatic carbocycles. The molecule has 18 heavy (non-hydrogen) atoms. The minimum absolute atomic E-state index is 0.116. The number of aromatic amines is 2. The molecule has 0 fully saturated rings. The molecule has 0 saturated carbocycles. The molecule has 1 amide bonds. The predicted octanol–water partition coefficient (Wildman–Crippen LogP) is 1.68. The normalized spacial score (nSPS) is 18.4. The predicted molar refractivity (Wildman–Crippen MR) is 67.7 cm³/mol. The molecular weight excluding hydrogens is 252 g/mol. The van der Waals surface area contributed by atoms with Crippen molar-refractivity contribution in [3.8, 4) is 0 Å². The van der Waals surface area contributed by atoms with Gasteiger partial charge in [0.25, 0.3) is 5.91 Å². The number of H-pyrrole nitrogens is 2. The average Bonchev–Trinajstić information content (AvgIpc) is 2.96. The zero-order valence-corrected chi connectivity index (χ0v) is 10.4. The minimum Gasteiger partial charge on any atom is -0.356 e. The van der Waals surface area contributed by atoms with Crippen molar-refractivity contribution >= 4 is 17.5 Å². The molecular formula is C12H13ClN4O. The summed E-state index contributed by atoms with van der Waals surface area (Å²) in [5.74, 6) is -0.116. The van der Waals surface area contributed by atoms with Crippen LogP contribution in [0.5, 0.6) is 0 Å². The lowest BCUT2D eigenvalue weighted by Crippen LogP contribution is -2.38. The number of hydrogen-bond donors (Lipinski definition) is 3. The number of hydrogen-bond acceptors (Lipinski definition) is 2. The maximum atomic E-state index is 11.9. The van der Waals surface area contributed by atoms with Crippen molar-refractivity contribution in [1.82, 2.24) is 20.5 Å². The molecule has 3 N–H and O–H groups in total. The van der Waals surface area contributed by atoms with Crippen molar-refractivity contribution in [2.75, 3.05) is 0 Å². The highest BCUT2D eigenvalue weighted by atomic mass is 35.5. The van der Waals surface area contributed by atoms with Crippen LogP contribution in [0.25, 0.3) is 0 Å². The van der Waals surface area contributed by atoms with E-state index in [-0.39, 0.29) is 11.9 Å². The maximum Gasteiger partial charge on any atom is 0.267 e. The summed E-state index contributed by atoms with van der Waals surface area (Å²) in [4.78, 5) is 14.8. The number of nitrogens with zero attached hydrogens (tertiary/aromatic N) is 1. The molecule has 0 saturated heterocycles. The van der Waals surface area contributed by atoms with Gasteiger partial charge in [-0.05, 0) is 24.5 Å². The molecule has 2 aromatic heterocycles. The number of aromatic nitrogens is 3. The fourth-order valence-electron chi connectivity index (χ4n) is 2.29. The van der Waals surface area contributed by atoms with E-state index >= 15 is 0 Å². The van der Waals surface area contributed by atoms with Gasteiger partial charge in [-0.3, -0.25) is 9.89 Å². The molecule has 1 unspecified atom stereocenters. The van der Waals surface area contributed by atoms with Crippen LogP contribution in [0, 0.1) is 0 Å². The molecule has 0 radical (unpaired) electrons. The zero-order valence-electron chi connectivity index (χ0n) is 9.66. The second kappa shape index (κ2) is 4.49. The van der Waals surface area contributed by atoms with E-state index in [0.717, 1.165) is 25.0 Å². The summed E-state index contributed by atoms with van der Waals surface area (Å²) in [7, 11) is 0. The lowest BCUT2D eigenvalue weighted by atomic mass is 9.94. The Balaban J connectivity index is 1.66. The Hall–Kier alpha value is -1.75. The number of fused-ring (bicyclic) bond motifs is 1. The van der Waals surface area contributed by atoms with Crippen LogP contribution >= 0.6 is 11.6 Å². The van der Waals surface area contributed by atoms with Gasteiger partial charge in [0, 0.05) is 24.4 Å². The maximum absolute atomic E-state index is 11.9. The minimum atomic E-state index is -0.116. The Labute approximate surface area is 109 Å². The molecule has 1 atom stereocenters. The summed E-state index contributed by atoms with van der Waals surface area (Å²) in [5, 5.41) is 10.5. The van der Waals surface area contributed by atoms with Gasteiger partial charge in [0.2, 0.25) is 0 Å². The van der Waals surface area contributed by atoms with Gasteiger partial charge in [-0.15, -0.1) is 0 Å². The van der Waals surface area contributed by atoms with E-state index in [2.05, 4.69) is 20.5 Å². The highest BCUT2D eigenvalue weighted by Crippen LogP contribution is 2.19. The second-order valence-corrected chi connectivity index (χ2v) is 4.95. The third kappa shape index (κ3) is 2.13. The first-order chi connectivity index (χ1) is 8.72. The lowest BCUT2D eigenvalue weighted by molar-refractivity contribution is 0.0929. The standard InChI is InChI=1S/C12H13ClN4O/c13-8-3-11(14-6-8)12(18)16-9-2-1-7-5-15-17-10(7)4-9/h3,5-6,9,14H,1-2,4H2,(H,15,17)(H,16,18). The van der Waals surface area contributed by atoms with Crippen LogP contribution in [-0.4, -0.2) is 27.1 Å². The summed E-state index contributed by atoms with van der Waals surface area (Å²) < 4.78 is 0. The van der Waals surface area contributed by atoms with Crippen LogP contribution in [0.2, 0.25) is 5.02 Å². The highest BCUT2D eigenvalue weighted by Gasteiger charge is 2.22. The molecule has 1 aliphatic rings. The van der Waals surface area contributed by atoms with E-state index in [1.807, 2.05) is 6.20 Å². The van der Waals surface area contributed by atoms with Crippen LogP contribution < -0.4 is 5.32 Å². The van der Waals surface area contributed by atoms with Crippen molar-refractivity contribution < 1.29 is 4.79 Å². The fourth-order valence-corrected chi connectivity index (χ4v) is 2.46. The molecule has 2 aromatic rings. The van der Waals surface area contributed by atoms with Gasteiger partial charge in [-0.25, -0.2) is 0 Å². The van der Waals surface area contributed by atoms with Gasteiger partial charge in [-0.1, -0.05) is 11.6 Å². The zero-order chi connectivity index (χ0) is 12.5. The van der Waals surface area contributed by atoms with Crippen molar-refractivity contribution in [2.45, 2.75) is 25.3 Å². The molecule has 3 rings (SSSR count). The quantitative estimate of drug-likeness (QED) is 0.772. The van der Waals surface area contributed by atoms with Gasteiger partial charge in [-0.2, -0.15) is 5.10 Å². The number of nitrogens with one attached hydrogen (secondary N) is 3. The van der Waals surface area contributed by atoms with Gasteiger partial charge in [0.1, 0.15) is 5.69 Å². The first-order valence-electron chi connectivity index (χ1n) is 5.88. The number of halogens is 1. The van der Waals surface area contributed by atoms with Crippen LogP contribution in [-0.2, 0) is 12.8 Å². The Morgan fingerprint density at radius 1 is 1.56 bits per heavy atom. The van der Waals surface area contributed by atoms with Crippen LogP contribution in [0.15, 0.2) is 18.5 Å². The lowest BCUT2D eigenvalue weighted by Gasteiger charge is -2.22. The molecule has 0 spiro atoms. The first kappa shape index (κ1) is 11.3. The number of rotatable bonds is 2. The molecule has 2 heterocycles. The fraction of sp³-hybridized carbons (Fsp3) is 0.333. The second-order valence-electron chi connectivity index (χ2n) is 4.52. The van der Waals surface area contributed by atoms with E-state index < -0.39 is 0 Å². The Morgan fingerprint density at radius 3 is 3.22 bits per heavy atom. The molecule has 0 bridgehead atoms. The summed E-state index contributed by atoms with van der Waals surface area (Å²) in [6.45, 7) is 0. The molecule has 6 heteroatoms. The smallest absolute Gasteiger partial charge is 0.267 e. The van der Waals surface area contributed by atoms with Gasteiger partial charge in [0.15, 0.2) is 0 Å².